The first-order valence-corrected chi connectivity index (χ1v) is 8.56. The summed E-state index contributed by atoms with van der Waals surface area (Å²) in [5.41, 5.74) is 6.86. The zero-order valence-electron chi connectivity index (χ0n) is 14.0. The predicted molar refractivity (Wildman–Crippen MR) is 106 cm³/mol. The molecule has 0 saturated heterocycles. The minimum atomic E-state index is 0.821. The Bertz CT molecular complexity index is 933. The Morgan fingerprint density at radius 1 is 0.560 bits per heavy atom. The molecule has 0 fully saturated rings. The Hall–Kier alpha value is -3.19. The third-order valence-electron chi connectivity index (χ3n) is 4.35. The van der Waals surface area contributed by atoms with Crippen molar-refractivity contribution in [2.45, 2.75) is 6.42 Å². The van der Waals surface area contributed by atoms with E-state index >= 15 is 0 Å². The molecule has 0 spiro atoms. The number of allylic oxidation sites excluding steroid dienone is 3. The molecular weight excluding hydrogens is 302 g/mol. The van der Waals surface area contributed by atoms with Gasteiger partial charge in [-0.05, 0) is 22.8 Å². The van der Waals surface area contributed by atoms with Crippen molar-refractivity contribution in [3.8, 4) is 0 Å². The molecule has 4 rings (SSSR count). The van der Waals surface area contributed by atoms with E-state index < -0.39 is 0 Å². The summed E-state index contributed by atoms with van der Waals surface area (Å²) in [5.74, 6) is 0. The maximum atomic E-state index is 5.02. The molecule has 0 saturated carbocycles. The van der Waals surface area contributed by atoms with Gasteiger partial charge in [0.25, 0.3) is 0 Å². The largest absolute Gasteiger partial charge is 0.252 e. The molecule has 1 aliphatic rings. The summed E-state index contributed by atoms with van der Waals surface area (Å²) in [4.78, 5) is 5.02. The number of hydrogen-bond donors (Lipinski definition) is 0. The lowest BCUT2D eigenvalue weighted by Crippen LogP contribution is -1.99. The third kappa shape index (κ3) is 3.51. The molecule has 0 atom stereocenters. The van der Waals surface area contributed by atoms with E-state index in [9.17, 15) is 0 Å². The lowest BCUT2D eigenvalue weighted by atomic mass is 10.0. The second kappa shape index (κ2) is 7.14. The highest BCUT2D eigenvalue weighted by molar-refractivity contribution is 6.06. The molecule has 1 nitrogen and oxygen atoms in total. The minimum Gasteiger partial charge on any atom is -0.252 e. The molecule has 3 aromatic rings. The van der Waals surface area contributed by atoms with Crippen LogP contribution in [0.4, 0.5) is 0 Å². The summed E-state index contributed by atoms with van der Waals surface area (Å²) >= 11 is 0. The zero-order valence-corrected chi connectivity index (χ0v) is 14.0. The van der Waals surface area contributed by atoms with Gasteiger partial charge < -0.3 is 0 Å². The Labute approximate surface area is 148 Å². The predicted octanol–water partition coefficient (Wildman–Crippen LogP) is 6.00. The molecule has 0 amide bonds. The standard InChI is InChI=1S/C24H19N/c1-4-10-19(11-5-1)22-16-17-23(20-12-6-2-7-13-20)25-24(18-22)21-14-8-3-9-15-21/h1-16,18H,17H2. The Morgan fingerprint density at radius 2 is 1.08 bits per heavy atom. The lowest BCUT2D eigenvalue weighted by molar-refractivity contribution is 1.41. The van der Waals surface area contributed by atoms with Crippen LogP contribution >= 0.6 is 0 Å². The van der Waals surface area contributed by atoms with Gasteiger partial charge in [-0.3, -0.25) is 4.99 Å². The van der Waals surface area contributed by atoms with Crippen molar-refractivity contribution in [3.05, 3.63) is 120 Å². The first kappa shape index (κ1) is 15.3. The van der Waals surface area contributed by atoms with E-state index in [1.165, 1.54) is 16.7 Å². The van der Waals surface area contributed by atoms with Gasteiger partial charge in [0.05, 0.1) is 11.4 Å². The Kier molecular flexibility index (Phi) is 4.38. The maximum Gasteiger partial charge on any atom is 0.0711 e. The van der Waals surface area contributed by atoms with Crippen LogP contribution in [0.5, 0.6) is 0 Å². The van der Waals surface area contributed by atoms with E-state index in [1.54, 1.807) is 0 Å². The van der Waals surface area contributed by atoms with Crippen molar-refractivity contribution in [1.29, 1.82) is 0 Å². The number of hydrogen-bond acceptors (Lipinski definition) is 1. The molecule has 1 heterocycles. The smallest absolute Gasteiger partial charge is 0.0711 e. The third-order valence-corrected chi connectivity index (χ3v) is 4.35. The SMILES string of the molecule is C1=C(c2ccccc2)C=C(c2ccccc2)N=C(c2ccccc2)C1. The topological polar surface area (TPSA) is 12.4 Å². The van der Waals surface area contributed by atoms with Crippen molar-refractivity contribution in [1.82, 2.24) is 0 Å². The summed E-state index contributed by atoms with van der Waals surface area (Å²) < 4.78 is 0. The fourth-order valence-electron chi connectivity index (χ4n) is 3.04. The van der Waals surface area contributed by atoms with Gasteiger partial charge >= 0.3 is 0 Å². The molecule has 1 heteroatoms. The summed E-state index contributed by atoms with van der Waals surface area (Å²) in [7, 11) is 0. The monoisotopic (exact) mass is 321 g/mol. The van der Waals surface area contributed by atoms with E-state index in [1.807, 2.05) is 12.1 Å². The number of nitrogens with zero attached hydrogens (tertiary/aromatic N) is 1. The lowest BCUT2D eigenvalue weighted by Gasteiger charge is -2.06. The molecule has 1 aliphatic heterocycles. The van der Waals surface area contributed by atoms with E-state index in [-0.39, 0.29) is 0 Å². The average Bonchev–Trinajstić information content (AvgIpc) is 2.93. The highest BCUT2D eigenvalue weighted by Crippen LogP contribution is 2.28. The molecule has 0 aliphatic carbocycles. The second-order valence-corrected chi connectivity index (χ2v) is 6.05. The van der Waals surface area contributed by atoms with E-state index in [2.05, 4.69) is 91.0 Å². The molecule has 0 N–H and O–H groups in total. The van der Waals surface area contributed by atoms with Gasteiger partial charge in [0.1, 0.15) is 0 Å². The summed E-state index contributed by atoms with van der Waals surface area (Å²) in [6.45, 7) is 0. The van der Waals surface area contributed by atoms with Crippen LogP contribution in [0.15, 0.2) is 108 Å². The molecule has 3 aromatic carbocycles. The maximum absolute atomic E-state index is 5.02. The minimum absolute atomic E-state index is 0.821. The highest BCUT2D eigenvalue weighted by atomic mass is 14.8. The van der Waals surface area contributed by atoms with Gasteiger partial charge in [0, 0.05) is 12.0 Å². The van der Waals surface area contributed by atoms with Crippen molar-refractivity contribution in [2.75, 3.05) is 0 Å². The second-order valence-electron chi connectivity index (χ2n) is 6.05. The Balaban J connectivity index is 1.82. The van der Waals surface area contributed by atoms with Gasteiger partial charge in [-0.2, -0.15) is 0 Å². The molecule has 0 unspecified atom stereocenters. The average molecular weight is 321 g/mol. The zero-order chi connectivity index (χ0) is 16.9. The fourth-order valence-corrected chi connectivity index (χ4v) is 3.04. The summed E-state index contributed by atoms with van der Waals surface area (Å²) in [6.07, 6.45) is 5.29. The van der Waals surface area contributed by atoms with Gasteiger partial charge in [0.2, 0.25) is 0 Å². The normalized spacial score (nSPS) is 14.2. The number of aliphatic imine (C=N–C) groups is 1. The van der Waals surface area contributed by atoms with E-state index in [0.29, 0.717) is 0 Å². The highest BCUT2D eigenvalue weighted by Gasteiger charge is 2.11. The first-order valence-electron chi connectivity index (χ1n) is 8.56. The Morgan fingerprint density at radius 3 is 1.68 bits per heavy atom. The molecule has 0 radical (unpaired) electrons. The molecule has 0 aromatic heterocycles. The van der Waals surface area contributed by atoms with Crippen LogP contribution < -0.4 is 0 Å². The van der Waals surface area contributed by atoms with Crippen LogP contribution in [0.1, 0.15) is 23.1 Å². The van der Waals surface area contributed by atoms with Crippen molar-refractivity contribution < 1.29 is 0 Å². The van der Waals surface area contributed by atoms with Crippen LogP contribution in [-0.2, 0) is 0 Å². The number of benzene rings is 3. The van der Waals surface area contributed by atoms with Crippen LogP contribution in [0, 0.1) is 0 Å². The van der Waals surface area contributed by atoms with Crippen LogP contribution in [0.3, 0.4) is 0 Å². The van der Waals surface area contributed by atoms with Gasteiger partial charge in [0.15, 0.2) is 0 Å². The molecule has 120 valence electrons. The van der Waals surface area contributed by atoms with Crippen molar-refractivity contribution in [3.63, 3.8) is 0 Å². The summed E-state index contributed by atoms with van der Waals surface area (Å²) in [6, 6.07) is 31.3. The molecule has 25 heavy (non-hydrogen) atoms. The summed E-state index contributed by atoms with van der Waals surface area (Å²) in [5, 5.41) is 0. The fraction of sp³-hybridized carbons (Fsp3) is 0.0417. The molecule has 0 bridgehead atoms. The van der Waals surface area contributed by atoms with E-state index in [0.717, 1.165) is 23.4 Å². The van der Waals surface area contributed by atoms with Crippen molar-refractivity contribution in [2.24, 2.45) is 4.99 Å². The van der Waals surface area contributed by atoms with Crippen LogP contribution in [-0.4, -0.2) is 5.71 Å². The molecular formula is C24H19N. The number of rotatable bonds is 3. The van der Waals surface area contributed by atoms with Crippen molar-refractivity contribution >= 4 is 17.0 Å². The van der Waals surface area contributed by atoms with Gasteiger partial charge in [-0.1, -0.05) is 97.1 Å². The first-order chi connectivity index (χ1) is 12.4. The van der Waals surface area contributed by atoms with Gasteiger partial charge in [-0.25, -0.2) is 0 Å². The van der Waals surface area contributed by atoms with Crippen LogP contribution in [0.25, 0.3) is 11.3 Å². The van der Waals surface area contributed by atoms with Crippen LogP contribution in [0.2, 0.25) is 0 Å². The quantitative estimate of drug-likeness (QED) is 0.560. The van der Waals surface area contributed by atoms with Gasteiger partial charge in [-0.15, -0.1) is 0 Å². The van der Waals surface area contributed by atoms with E-state index in [4.69, 9.17) is 4.99 Å².